The van der Waals surface area contributed by atoms with Crippen molar-refractivity contribution in [2.75, 3.05) is 6.61 Å². The molecule has 1 atom stereocenters. The Balaban J connectivity index is 1.94. The van der Waals surface area contributed by atoms with E-state index in [0.29, 0.717) is 12.4 Å². The van der Waals surface area contributed by atoms with Gasteiger partial charge in [-0.3, -0.25) is 0 Å². The summed E-state index contributed by atoms with van der Waals surface area (Å²) in [4.78, 5) is 11.8. The van der Waals surface area contributed by atoms with Crippen LogP contribution in [-0.2, 0) is 9.53 Å². The molecule has 0 radical (unpaired) electrons. The maximum absolute atomic E-state index is 11.8. The zero-order valence-corrected chi connectivity index (χ0v) is 9.72. The number of benzene rings is 1. The number of hydrogen-bond acceptors (Lipinski definition) is 3. The van der Waals surface area contributed by atoms with Crippen molar-refractivity contribution in [1.29, 1.82) is 0 Å². The third-order valence-electron chi connectivity index (χ3n) is 2.78. The van der Waals surface area contributed by atoms with E-state index in [9.17, 15) is 4.79 Å². The van der Waals surface area contributed by atoms with E-state index in [4.69, 9.17) is 9.47 Å². The molecule has 90 valence electrons. The number of carbonyl (C=O) groups excluding carboxylic acids is 1. The lowest BCUT2D eigenvalue weighted by Gasteiger charge is -2.20. The molecule has 17 heavy (non-hydrogen) atoms. The number of rotatable bonds is 3. The number of carbonyl (C=O) groups is 1. The Hall–Kier alpha value is -1.61. The molecule has 1 aromatic rings. The van der Waals surface area contributed by atoms with E-state index in [1.54, 1.807) is 18.2 Å². The molecule has 0 bridgehead atoms. The second-order valence-electron chi connectivity index (χ2n) is 4.05. The van der Waals surface area contributed by atoms with Crippen LogP contribution in [0.5, 0.6) is 5.75 Å². The van der Waals surface area contributed by atoms with Crippen LogP contribution in [0.15, 0.2) is 30.8 Å². The molecule has 0 aliphatic carbocycles. The van der Waals surface area contributed by atoms with Crippen molar-refractivity contribution in [3.05, 3.63) is 36.4 Å². The first-order valence-electron chi connectivity index (χ1n) is 5.85. The molecular weight excluding hydrogens is 216 g/mol. The summed E-state index contributed by atoms with van der Waals surface area (Å²) in [5.41, 5.74) is 0.999. The molecule has 1 fully saturated rings. The second-order valence-corrected chi connectivity index (χ2v) is 4.05. The van der Waals surface area contributed by atoms with Gasteiger partial charge in [-0.15, -0.1) is 0 Å². The normalized spacial score (nSPS) is 19.6. The first kappa shape index (κ1) is 11.9. The van der Waals surface area contributed by atoms with E-state index in [-0.39, 0.29) is 5.97 Å². The predicted octanol–water partition coefficient (Wildman–Crippen LogP) is 2.80. The lowest BCUT2D eigenvalue weighted by Crippen LogP contribution is -2.31. The van der Waals surface area contributed by atoms with Crippen molar-refractivity contribution in [1.82, 2.24) is 0 Å². The Morgan fingerprint density at radius 3 is 2.71 bits per heavy atom. The Labute approximate surface area is 101 Å². The van der Waals surface area contributed by atoms with E-state index in [2.05, 4.69) is 6.58 Å². The topological polar surface area (TPSA) is 35.5 Å². The van der Waals surface area contributed by atoms with Crippen LogP contribution in [0.4, 0.5) is 0 Å². The van der Waals surface area contributed by atoms with Crippen molar-refractivity contribution in [3.8, 4) is 5.75 Å². The van der Waals surface area contributed by atoms with Gasteiger partial charge < -0.3 is 9.47 Å². The zero-order valence-electron chi connectivity index (χ0n) is 9.72. The van der Waals surface area contributed by atoms with Crippen LogP contribution in [0.3, 0.4) is 0 Å². The van der Waals surface area contributed by atoms with E-state index >= 15 is 0 Å². The minimum Gasteiger partial charge on any atom is -0.425 e. The van der Waals surface area contributed by atoms with Gasteiger partial charge in [-0.2, -0.15) is 0 Å². The van der Waals surface area contributed by atoms with Crippen molar-refractivity contribution >= 4 is 12.0 Å². The second kappa shape index (κ2) is 5.64. The van der Waals surface area contributed by atoms with Crippen LogP contribution in [0.1, 0.15) is 24.8 Å². The monoisotopic (exact) mass is 232 g/mol. The molecule has 0 saturated carbocycles. The van der Waals surface area contributed by atoms with Gasteiger partial charge in [0.25, 0.3) is 0 Å². The fraction of sp³-hybridized carbons (Fsp3) is 0.357. The third kappa shape index (κ3) is 3.17. The van der Waals surface area contributed by atoms with Crippen molar-refractivity contribution in [2.24, 2.45) is 0 Å². The van der Waals surface area contributed by atoms with E-state index < -0.39 is 6.10 Å². The van der Waals surface area contributed by atoms with Gasteiger partial charge >= 0.3 is 5.97 Å². The van der Waals surface area contributed by atoms with E-state index in [0.717, 1.165) is 24.8 Å². The number of ether oxygens (including phenoxy) is 2. The van der Waals surface area contributed by atoms with Crippen molar-refractivity contribution in [3.63, 3.8) is 0 Å². The average molecular weight is 232 g/mol. The van der Waals surface area contributed by atoms with E-state index in [1.165, 1.54) is 0 Å². The van der Waals surface area contributed by atoms with Gasteiger partial charge in [0.15, 0.2) is 6.10 Å². The fourth-order valence-corrected chi connectivity index (χ4v) is 1.78. The maximum atomic E-state index is 11.8. The predicted molar refractivity (Wildman–Crippen MR) is 65.8 cm³/mol. The van der Waals surface area contributed by atoms with Crippen molar-refractivity contribution in [2.45, 2.75) is 25.4 Å². The maximum Gasteiger partial charge on any atom is 0.340 e. The smallest absolute Gasteiger partial charge is 0.340 e. The fourth-order valence-electron chi connectivity index (χ4n) is 1.78. The zero-order chi connectivity index (χ0) is 12.1. The third-order valence-corrected chi connectivity index (χ3v) is 2.78. The molecule has 3 heteroatoms. The largest absolute Gasteiger partial charge is 0.425 e. The molecule has 1 unspecified atom stereocenters. The van der Waals surface area contributed by atoms with Gasteiger partial charge in [-0.25, -0.2) is 4.79 Å². The lowest BCUT2D eigenvalue weighted by atomic mass is 10.1. The highest BCUT2D eigenvalue weighted by Gasteiger charge is 2.23. The minimum absolute atomic E-state index is 0.295. The van der Waals surface area contributed by atoms with E-state index in [1.807, 2.05) is 12.1 Å². The summed E-state index contributed by atoms with van der Waals surface area (Å²) < 4.78 is 10.6. The number of esters is 1. The van der Waals surface area contributed by atoms with Gasteiger partial charge in [0.2, 0.25) is 0 Å². The highest BCUT2D eigenvalue weighted by atomic mass is 16.6. The van der Waals surface area contributed by atoms with Gasteiger partial charge in [0, 0.05) is 6.61 Å². The van der Waals surface area contributed by atoms with Crippen LogP contribution in [0, 0.1) is 0 Å². The Morgan fingerprint density at radius 1 is 1.35 bits per heavy atom. The molecule has 2 rings (SSSR count). The summed E-state index contributed by atoms with van der Waals surface area (Å²) in [5.74, 6) is 0.255. The summed E-state index contributed by atoms with van der Waals surface area (Å²) in [6.45, 7) is 4.32. The van der Waals surface area contributed by atoms with Gasteiger partial charge in [-0.05, 0) is 37.0 Å². The Morgan fingerprint density at radius 2 is 2.12 bits per heavy atom. The molecule has 0 aromatic heterocycles. The molecule has 1 aliphatic rings. The summed E-state index contributed by atoms with van der Waals surface area (Å²) >= 11 is 0. The highest BCUT2D eigenvalue weighted by molar-refractivity contribution is 5.77. The number of hydrogen-bond donors (Lipinski definition) is 0. The Kier molecular flexibility index (Phi) is 3.94. The van der Waals surface area contributed by atoms with Gasteiger partial charge in [0.1, 0.15) is 5.75 Å². The molecule has 0 spiro atoms. The first-order valence-corrected chi connectivity index (χ1v) is 5.85. The summed E-state index contributed by atoms with van der Waals surface area (Å²) in [6, 6.07) is 7.24. The van der Waals surface area contributed by atoms with Gasteiger partial charge in [0.05, 0.1) is 0 Å². The van der Waals surface area contributed by atoms with Crippen LogP contribution in [-0.4, -0.2) is 18.7 Å². The molecule has 0 amide bonds. The molecular formula is C14H16O3. The first-order chi connectivity index (χ1) is 8.29. The summed E-state index contributed by atoms with van der Waals surface area (Å²) in [7, 11) is 0. The van der Waals surface area contributed by atoms with Crippen LogP contribution in [0.2, 0.25) is 0 Å². The molecule has 1 saturated heterocycles. The minimum atomic E-state index is -0.400. The Bertz CT molecular complexity index is 388. The van der Waals surface area contributed by atoms with Crippen LogP contribution < -0.4 is 4.74 Å². The van der Waals surface area contributed by atoms with Crippen LogP contribution >= 0.6 is 0 Å². The molecule has 1 heterocycles. The summed E-state index contributed by atoms with van der Waals surface area (Å²) in [5, 5.41) is 0. The summed E-state index contributed by atoms with van der Waals surface area (Å²) in [6.07, 6.45) is 4.15. The molecule has 1 aliphatic heterocycles. The quantitative estimate of drug-likeness (QED) is 0.594. The standard InChI is InChI=1S/C14H16O3/c1-2-11-6-8-12(9-7-11)17-14(15)13-5-3-4-10-16-13/h2,6-9,13H,1,3-5,10H2. The lowest BCUT2D eigenvalue weighted by molar-refractivity contribution is -0.150. The highest BCUT2D eigenvalue weighted by Crippen LogP contribution is 2.17. The van der Waals surface area contributed by atoms with Crippen molar-refractivity contribution < 1.29 is 14.3 Å². The molecule has 1 aromatic carbocycles. The molecule has 0 N–H and O–H groups in total. The average Bonchev–Trinajstić information content (AvgIpc) is 2.40. The van der Waals surface area contributed by atoms with Crippen LogP contribution in [0.25, 0.3) is 6.08 Å². The molecule has 3 nitrogen and oxygen atoms in total. The SMILES string of the molecule is C=Cc1ccc(OC(=O)C2CCCCO2)cc1. The van der Waals surface area contributed by atoms with Gasteiger partial charge in [-0.1, -0.05) is 24.8 Å².